The highest BCUT2D eigenvalue weighted by molar-refractivity contribution is 5.49. The maximum Gasteiger partial charge on any atom is 0.0346 e. The summed E-state index contributed by atoms with van der Waals surface area (Å²) in [4.78, 5) is 0. The van der Waals surface area contributed by atoms with E-state index in [0.717, 1.165) is 29.9 Å². The molecule has 0 saturated heterocycles. The zero-order chi connectivity index (χ0) is 16.2. The summed E-state index contributed by atoms with van der Waals surface area (Å²) >= 11 is 0. The van der Waals surface area contributed by atoms with E-state index in [4.69, 9.17) is 11.5 Å². The molecule has 1 aromatic rings. The van der Waals surface area contributed by atoms with Crippen LogP contribution in [0.2, 0.25) is 0 Å². The molecule has 0 spiro atoms. The van der Waals surface area contributed by atoms with E-state index >= 15 is 0 Å². The van der Waals surface area contributed by atoms with Crippen molar-refractivity contribution in [3.05, 3.63) is 29.3 Å². The Kier molecular flexibility index (Phi) is 5.63. The maximum absolute atomic E-state index is 6.26. The minimum atomic E-state index is 0.434. The fraction of sp³-hybridized carbons (Fsp3) is 0.714. The Morgan fingerprint density at radius 2 is 1.48 bits per heavy atom. The molecule has 0 atom stereocenters. The molecular weight excluding hydrogens is 280 g/mol. The highest BCUT2D eigenvalue weighted by Gasteiger charge is 2.21. The molecule has 23 heavy (non-hydrogen) atoms. The van der Waals surface area contributed by atoms with Gasteiger partial charge in [0.15, 0.2) is 0 Å². The first kappa shape index (κ1) is 16.8. The van der Waals surface area contributed by atoms with Gasteiger partial charge in [-0.1, -0.05) is 31.9 Å². The summed E-state index contributed by atoms with van der Waals surface area (Å²) in [6, 6.07) is 7.24. The van der Waals surface area contributed by atoms with Gasteiger partial charge in [-0.15, -0.1) is 0 Å². The van der Waals surface area contributed by atoms with Crippen molar-refractivity contribution < 1.29 is 0 Å². The fourth-order valence-electron chi connectivity index (χ4n) is 4.53. The number of nitrogens with two attached hydrogens (primary N) is 2. The second-order valence-corrected chi connectivity index (χ2v) is 8.35. The first-order valence-corrected chi connectivity index (χ1v) is 9.73. The van der Waals surface area contributed by atoms with Crippen molar-refractivity contribution in [1.82, 2.24) is 0 Å². The van der Waals surface area contributed by atoms with Gasteiger partial charge in [0.2, 0.25) is 0 Å². The summed E-state index contributed by atoms with van der Waals surface area (Å²) in [6.45, 7) is 2.40. The molecule has 2 aliphatic carbocycles. The third-order valence-corrected chi connectivity index (χ3v) is 6.27. The monoisotopic (exact) mass is 314 g/mol. The number of hydrogen-bond acceptors (Lipinski definition) is 2. The molecule has 0 bridgehead atoms. The minimum Gasteiger partial charge on any atom is -0.399 e. The molecule has 4 N–H and O–H groups in total. The standard InChI is InChI=1S/C21H34N2/c1-15-2-4-16(5-3-15)12-18-8-11-21(23)19(14-18)13-17-6-9-20(22)10-7-17/h8,11,14-17,20H,2-7,9-10,12-13,22-23H2,1H3. The molecule has 0 heterocycles. The number of hydrogen-bond donors (Lipinski definition) is 2. The predicted octanol–water partition coefficient (Wildman–Crippen LogP) is 4.70. The lowest BCUT2D eigenvalue weighted by Gasteiger charge is -2.27. The summed E-state index contributed by atoms with van der Waals surface area (Å²) in [7, 11) is 0. The average molecular weight is 315 g/mol. The Balaban J connectivity index is 1.60. The summed E-state index contributed by atoms with van der Waals surface area (Å²) in [5, 5.41) is 0. The summed E-state index contributed by atoms with van der Waals surface area (Å²) in [5.41, 5.74) is 16.2. The lowest BCUT2D eigenvalue weighted by molar-refractivity contribution is 0.289. The zero-order valence-corrected chi connectivity index (χ0v) is 14.8. The van der Waals surface area contributed by atoms with Gasteiger partial charge >= 0.3 is 0 Å². The van der Waals surface area contributed by atoms with Crippen molar-refractivity contribution in [3.63, 3.8) is 0 Å². The van der Waals surface area contributed by atoms with Crippen LogP contribution in [-0.4, -0.2) is 6.04 Å². The van der Waals surface area contributed by atoms with Crippen LogP contribution in [0.5, 0.6) is 0 Å². The van der Waals surface area contributed by atoms with Crippen molar-refractivity contribution in [2.45, 2.75) is 77.2 Å². The van der Waals surface area contributed by atoms with Crippen LogP contribution in [-0.2, 0) is 12.8 Å². The van der Waals surface area contributed by atoms with Crippen LogP contribution in [0.4, 0.5) is 5.69 Å². The molecule has 0 amide bonds. The van der Waals surface area contributed by atoms with Crippen LogP contribution in [0.25, 0.3) is 0 Å². The molecule has 0 radical (unpaired) electrons. The molecule has 2 fully saturated rings. The largest absolute Gasteiger partial charge is 0.399 e. The number of rotatable bonds is 4. The van der Waals surface area contributed by atoms with Crippen LogP contribution in [0.15, 0.2) is 18.2 Å². The summed E-state index contributed by atoms with van der Waals surface area (Å²) in [6.07, 6.45) is 12.9. The molecule has 0 aromatic heterocycles. The van der Waals surface area contributed by atoms with E-state index < -0.39 is 0 Å². The van der Waals surface area contributed by atoms with Gasteiger partial charge in [0.05, 0.1) is 0 Å². The smallest absolute Gasteiger partial charge is 0.0346 e. The minimum absolute atomic E-state index is 0.434. The van der Waals surface area contributed by atoms with E-state index in [1.54, 1.807) is 0 Å². The van der Waals surface area contributed by atoms with E-state index in [-0.39, 0.29) is 0 Å². The first-order valence-electron chi connectivity index (χ1n) is 9.73. The topological polar surface area (TPSA) is 52.0 Å². The van der Waals surface area contributed by atoms with E-state index in [2.05, 4.69) is 25.1 Å². The molecule has 3 rings (SSSR count). The van der Waals surface area contributed by atoms with Crippen LogP contribution in [0.3, 0.4) is 0 Å². The van der Waals surface area contributed by atoms with Crippen molar-refractivity contribution in [1.29, 1.82) is 0 Å². The summed E-state index contributed by atoms with van der Waals surface area (Å²) < 4.78 is 0. The highest BCUT2D eigenvalue weighted by atomic mass is 14.6. The zero-order valence-electron chi connectivity index (χ0n) is 14.8. The molecule has 2 saturated carbocycles. The Hall–Kier alpha value is -1.02. The summed E-state index contributed by atoms with van der Waals surface area (Å²) in [5.74, 6) is 2.60. The molecular formula is C21H34N2. The molecule has 2 aliphatic rings. The quantitative estimate of drug-likeness (QED) is 0.792. The molecule has 1 aromatic carbocycles. The molecule has 2 nitrogen and oxygen atoms in total. The molecule has 0 aliphatic heterocycles. The van der Waals surface area contributed by atoms with Crippen molar-refractivity contribution in [3.8, 4) is 0 Å². The number of anilines is 1. The van der Waals surface area contributed by atoms with Gasteiger partial charge in [-0.3, -0.25) is 0 Å². The second-order valence-electron chi connectivity index (χ2n) is 8.35. The van der Waals surface area contributed by atoms with Crippen molar-refractivity contribution in [2.75, 3.05) is 5.73 Å². The van der Waals surface area contributed by atoms with Crippen LogP contribution < -0.4 is 11.5 Å². The van der Waals surface area contributed by atoms with Crippen molar-refractivity contribution >= 4 is 5.69 Å². The van der Waals surface area contributed by atoms with Gasteiger partial charge in [-0.25, -0.2) is 0 Å². The van der Waals surface area contributed by atoms with Gasteiger partial charge < -0.3 is 11.5 Å². The Morgan fingerprint density at radius 1 is 0.870 bits per heavy atom. The van der Waals surface area contributed by atoms with Crippen LogP contribution in [0, 0.1) is 17.8 Å². The van der Waals surface area contributed by atoms with Crippen molar-refractivity contribution in [2.24, 2.45) is 23.5 Å². The SMILES string of the molecule is CC1CCC(Cc2ccc(N)c(CC3CCC(N)CC3)c2)CC1. The van der Waals surface area contributed by atoms with E-state index in [1.165, 1.54) is 68.9 Å². The third-order valence-electron chi connectivity index (χ3n) is 6.27. The number of benzene rings is 1. The lowest BCUT2D eigenvalue weighted by Crippen LogP contribution is -2.27. The highest BCUT2D eigenvalue weighted by Crippen LogP contribution is 2.32. The van der Waals surface area contributed by atoms with Gasteiger partial charge in [-0.2, -0.15) is 0 Å². The average Bonchev–Trinajstić information content (AvgIpc) is 2.55. The Bertz CT molecular complexity index is 495. The lowest BCUT2D eigenvalue weighted by atomic mass is 9.79. The second kappa shape index (κ2) is 7.70. The predicted molar refractivity (Wildman–Crippen MR) is 99.3 cm³/mol. The maximum atomic E-state index is 6.26. The fourth-order valence-corrected chi connectivity index (χ4v) is 4.53. The number of nitrogen functional groups attached to an aromatic ring is 1. The van der Waals surface area contributed by atoms with Gasteiger partial charge in [-0.05, 0) is 86.3 Å². The van der Waals surface area contributed by atoms with Gasteiger partial charge in [0, 0.05) is 11.7 Å². The Morgan fingerprint density at radius 3 is 2.17 bits per heavy atom. The van der Waals surface area contributed by atoms with Gasteiger partial charge in [0.25, 0.3) is 0 Å². The molecule has 128 valence electrons. The third kappa shape index (κ3) is 4.73. The molecule has 2 heteroatoms. The van der Waals surface area contributed by atoms with Crippen LogP contribution in [0.1, 0.15) is 69.4 Å². The molecule has 0 unspecified atom stereocenters. The van der Waals surface area contributed by atoms with E-state index in [9.17, 15) is 0 Å². The van der Waals surface area contributed by atoms with E-state index in [0.29, 0.717) is 6.04 Å². The van der Waals surface area contributed by atoms with E-state index in [1.807, 2.05) is 0 Å². The normalized spacial score (nSPS) is 31.9. The first-order chi connectivity index (χ1) is 11.1. The van der Waals surface area contributed by atoms with Gasteiger partial charge in [0.1, 0.15) is 0 Å². The Labute approximate surface area is 142 Å². The van der Waals surface area contributed by atoms with Crippen LogP contribution >= 0.6 is 0 Å².